The molecular weight excluding hydrogens is 282 g/mol. The Hall–Kier alpha value is -0.730. The number of hydrogen-bond donors (Lipinski definition) is 1. The minimum atomic E-state index is 0.314. The molecule has 2 nitrogen and oxygen atoms in total. The molecule has 0 spiro atoms. The van der Waals surface area contributed by atoms with E-state index >= 15 is 0 Å². The van der Waals surface area contributed by atoms with Crippen LogP contribution in [0.5, 0.6) is 5.75 Å². The summed E-state index contributed by atoms with van der Waals surface area (Å²) in [6.07, 6.45) is 5.38. The Kier molecular flexibility index (Phi) is 8.13. The molecule has 0 saturated carbocycles. The van der Waals surface area contributed by atoms with E-state index in [9.17, 15) is 0 Å². The zero-order valence-corrected chi connectivity index (χ0v) is 14.7. The van der Waals surface area contributed by atoms with Gasteiger partial charge in [0.05, 0.1) is 6.61 Å². The van der Waals surface area contributed by atoms with Crippen molar-refractivity contribution in [1.29, 1.82) is 0 Å². The highest BCUT2D eigenvalue weighted by atomic mass is 35.5. The highest BCUT2D eigenvalue weighted by Crippen LogP contribution is 2.34. The van der Waals surface area contributed by atoms with Gasteiger partial charge in [-0.3, -0.25) is 0 Å². The zero-order chi connectivity index (χ0) is 15.8. The molecule has 0 amide bonds. The van der Waals surface area contributed by atoms with Gasteiger partial charge in [-0.2, -0.15) is 0 Å². The zero-order valence-electron chi connectivity index (χ0n) is 13.9. The summed E-state index contributed by atoms with van der Waals surface area (Å²) in [4.78, 5) is 0. The van der Waals surface area contributed by atoms with E-state index in [0.29, 0.717) is 18.6 Å². The Morgan fingerprint density at radius 1 is 1.19 bits per heavy atom. The van der Waals surface area contributed by atoms with Crippen LogP contribution >= 0.6 is 11.6 Å². The van der Waals surface area contributed by atoms with E-state index in [-0.39, 0.29) is 0 Å². The molecule has 2 N–H and O–H groups in total. The maximum Gasteiger partial charge on any atom is 0.126 e. The smallest absolute Gasteiger partial charge is 0.126 e. The monoisotopic (exact) mass is 311 g/mol. The Balaban J connectivity index is 2.84. The van der Waals surface area contributed by atoms with Crippen molar-refractivity contribution in [2.45, 2.75) is 71.8 Å². The Morgan fingerprint density at radius 2 is 1.90 bits per heavy atom. The van der Waals surface area contributed by atoms with E-state index < -0.39 is 0 Å². The molecule has 120 valence electrons. The van der Waals surface area contributed by atoms with Gasteiger partial charge in [-0.1, -0.05) is 38.8 Å². The number of hydrogen-bond acceptors (Lipinski definition) is 2. The van der Waals surface area contributed by atoms with E-state index in [0.717, 1.165) is 42.9 Å². The lowest BCUT2D eigenvalue weighted by Gasteiger charge is -2.18. The average molecular weight is 312 g/mol. The van der Waals surface area contributed by atoms with E-state index in [4.69, 9.17) is 22.1 Å². The minimum Gasteiger partial charge on any atom is -0.493 e. The first kappa shape index (κ1) is 18.3. The maximum atomic E-state index is 6.28. The van der Waals surface area contributed by atoms with E-state index in [1.807, 2.05) is 19.1 Å². The second kappa shape index (κ2) is 9.32. The van der Waals surface area contributed by atoms with Crippen molar-refractivity contribution < 1.29 is 4.74 Å². The molecule has 0 bridgehead atoms. The first-order valence-corrected chi connectivity index (χ1v) is 8.58. The Labute approximate surface area is 135 Å². The second-order valence-corrected chi connectivity index (χ2v) is 6.45. The molecule has 0 aromatic heterocycles. The summed E-state index contributed by atoms with van der Waals surface area (Å²) in [6, 6.07) is 4.39. The molecule has 0 aliphatic heterocycles. The van der Waals surface area contributed by atoms with Crippen molar-refractivity contribution in [2.75, 3.05) is 6.61 Å². The lowest BCUT2D eigenvalue weighted by Crippen LogP contribution is -2.19. The molecule has 1 rings (SSSR count). The van der Waals surface area contributed by atoms with Gasteiger partial charge in [-0.15, -0.1) is 0 Å². The molecule has 3 heteroatoms. The molecule has 0 saturated heterocycles. The first-order valence-electron chi connectivity index (χ1n) is 8.20. The quantitative estimate of drug-likeness (QED) is 0.670. The topological polar surface area (TPSA) is 35.2 Å². The van der Waals surface area contributed by atoms with Crippen LogP contribution < -0.4 is 10.5 Å². The summed E-state index contributed by atoms with van der Waals surface area (Å²) < 4.78 is 5.90. The fourth-order valence-corrected chi connectivity index (χ4v) is 2.93. The predicted octanol–water partition coefficient (Wildman–Crippen LogP) is 5.31. The number of ether oxygens (including phenoxy) is 1. The highest BCUT2D eigenvalue weighted by Gasteiger charge is 2.14. The van der Waals surface area contributed by atoms with Crippen molar-refractivity contribution >= 4 is 11.6 Å². The van der Waals surface area contributed by atoms with Gasteiger partial charge < -0.3 is 10.5 Å². The average Bonchev–Trinajstić information content (AvgIpc) is 2.41. The van der Waals surface area contributed by atoms with E-state index in [1.165, 1.54) is 11.1 Å². The summed E-state index contributed by atoms with van der Waals surface area (Å²) in [7, 11) is 0. The third kappa shape index (κ3) is 5.88. The maximum absolute atomic E-state index is 6.28. The standard InChI is InChI=1S/C18H30ClNO/c1-5-8-16(20)10-7-9-14-11-15(19)12-17(13(3)4)18(14)21-6-2/h11-13,16H,5-10,20H2,1-4H3. The van der Waals surface area contributed by atoms with E-state index in [2.05, 4.69) is 20.8 Å². The summed E-state index contributed by atoms with van der Waals surface area (Å²) in [5.41, 5.74) is 8.52. The van der Waals surface area contributed by atoms with Gasteiger partial charge in [0.25, 0.3) is 0 Å². The lowest BCUT2D eigenvalue weighted by atomic mass is 9.95. The molecule has 0 fully saturated rings. The summed E-state index contributed by atoms with van der Waals surface area (Å²) >= 11 is 6.28. The number of benzene rings is 1. The van der Waals surface area contributed by atoms with Gasteiger partial charge in [0.1, 0.15) is 5.75 Å². The molecule has 0 aliphatic rings. The fraction of sp³-hybridized carbons (Fsp3) is 0.667. The second-order valence-electron chi connectivity index (χ2n) is 6.01. The van der Waals surface area contributed by atoms with Crippen molar-refractivity contribution in [3.05, 3.63) is 28.3 Å². The van der Waals surface area contributed by atoms with Gasteiger partial charge in [0, 0.05) is 11.1 Å². The molecular formula is C18H30ClNO. The fourth-order valence-electron chi connectivity index (χ4n) is 2.68. The van der Waals surface area contributed by atoms with Gasteiger partial charge in [-0.25, -0.2) is 0 Å². The van der Waals surface area contributed by atoms with Gasteiger partial charge >= 0.3 is 0 Å². The first-order chi connectivity index (χ1) is 9.99. The van der Waals surface area contributed by atoms with Crippen molar-refractivity contribution in [2.24, 2.45) is 5.73 Å². The van der Waals surface area contributed by atoms with Crippen LogP contribution in [0.3, 0.4) is 0 Å². The van der Waals surface area contributed by atoms with Gasteiger partial charge in [-0.05, 0) is 61.8 Å². The van der Waals surface area contributed by atoms with Crippen LogP contribution in [0.1, 0.15) is 70.4 Å². The van der Waals surface area contributed by atoms with Crippen LogP contribution in [-0.4, -0.2) is 12.6 Å². The van der Waals surface area contributed by atoms with Crippen LogP contribution in [0.4, 0.5) is 0 Å². The molecule has 1 unspecified atom stereocenters. The molecule has 1 aromatic carbocycles. The van der Waals surface area contributed by atoms with Crippen molar-refractivity contribution in [1.82, 2.24) is 0 Å². The van der Waals surface area contributed by atoms with Crippen LogP contribution in [0.2, 0.25) is 5.02 Å². The normalized spacial score (nSPS) is 12.7. The number of aryl methyl sites for hydroxylation is 1. The number of nitrogens with two attached hydrogens (primary N) is 1. The van der Waals surface area contributed by atoms with Crippen LogP contribution in [0, 0.1) is 0 Å². The van der Waals surface area contributed by atoms with Gasteiger partial charge in [0.15, 0.2) is 0 Å². The highest BCUT2D eigenvalue weighted by molar-refractivity contribution is 6.30. The molecule has 0 aliphatic carbocycles. The molecule has 1 aromatic rings. The molecule has 21 heavy (non-hydrogen) atoms. The SMILES string of the molecule is CCCC(N)CCCc1cc(Cl)cc(C(C)C)c1OCC. The van der Waals surface area contributed by atoms with Crippen LogP contribution in [0.15, 0.2) is 12.1 Å². The predicted molar refractivity (Wildman–Crippen MR) is 92.5 cm³/mol. The number of halogens is 1. The van der Waals surface area contributed by atoms with E-state index in [1.54, 1.807) is 0 Å². The molecule has 0 radical (unpaired) electrons. The summed E-state index contributed by atoms with van der Waals surface area (Å²) in [5, 5.41) is 0.801. The third-order valence-electron chi connectivity index (χ3n) is 3.75. The van der Waals surface area contributed by atoms with Crippen LogP contribution in [-0.2, 0) is 6.42 Å². The van der Waals surface area contributed by atoms with Crippen molar-refractivity contribution in [3.63, 3.8) is 0 Å². The lowest BCUT2D eigenvalue weighted by molar-refractivity contribution is 0.331. The molecule has 1 atom stereocenters. The Morgan fingerprint density at radius 3 is 2.48 bits per heavy atom. The van der Waals surface area contributed by atoms with Crippen molar-refractivity contribution in [3.8, 4) is 5.75 Å². The van der Waals surface area contributed by atoms with Gasteiger partial charge in [0.2, 0.25) is 0 Å². The third-order valence-corrected chi connectivity index (χ3v) is 3.97. The minimum absolute atomic E-state index is 0.314. The summed E-state index contributed by atoms with van der Waals surface area (Å²) in [5.74, 6) is 1.44. The molecule has 0 heterocycles. The van der Waals surface area contributed by atoms with Crippen LogP contribution in [0.25, 0.3) is 0 Å². The Bertz CT molecular complexity index is 431. The number of rotatable bonds is 9. The largest absolute Gasteiger partial charge is 0.493 e. The summed E-state index contributed by atoms with van der Waals surface area (Å²) in [6.45, 7) is 9.24.